The molecule has 0 aliphatic heterocycles. The van der Waals surface area contributed by atoms with Crippen molar-refractivity contribution in [2.75, 3.05) is 0 Å². The molecule has 0 heterocycles. The van der Waals surface area contributed by atoms with Crippen LogP contribution >= 0.6 is 17.0 Å². The molecular formula is C29H38Cl2Zr-4. The molecule has 4 aromatic carbocycles. The normalized spacial score (nSPS) is 10.8. The predicted molar refractivity (Wildman–Crippen MR) is 148 cm³/mol. The van der Waals surface area contributed by atoms with Crippen LogP contribution in [0, 0.1) is 14.9 Å². The number of rotatable bonds is 0. The minimum absolute atomic E-state index is 0. The molecule has 0 amide bonds. The van der Waals surface area contributed by atoms with Crippen LogP contribution in [0.15, 0.2) is 72.8 Å². The Labute approximate surface area is 211 Å². The van der Waals surface area contributed by atoms with Gasteiger partial charge in [0.1, 0.15) is 0 Å². The van der Waals surface area contributed by atoms with Crippen LogP contribution in [0.5, 0.6) is 0 Å². The van der Waals surface area contributed by atoms with Gasteiger partial charge >= 0.3 is 40.1 Å². The summed E-state index contributed by atoms with van der Waals surface area (Å²) < 4.78 is 3.37. The number of halogens is 2. The van der Waals surface area contributed by atoms with Crippen LogP contribution in [-0.4, -0.2) is 4.21 Å². The summed E-state index contributed by atoms with van der Waals surface area (Å²) in [6.45, 7) is 13.6. The molecule has 0 aromatic heterocycles. The van der Waals surface area contributed by atoms with Crippen LogP contribution in [0.1, 0.15) is 52.7 Å². The number of hydrogen-bond donors (Lipinski definition) is 0. The van der Waals surface area contributed by atoms with E-state index in [1.54, 1.807) is 0 Å². The molecule has 0 nitrogen and oxygen atoms in total. The second-order valence-electron chi connectivity index (χ2n) is 9.55. The van der Waals surface area contributed by atoms with E-state index in [9.17, 15) is 0 Å². The summed E-state index contributed by atoms with van der Waals surface area (Å²) in [7, 11) is 10.3. The Morgan fingerprint density at radius 3 is 1.31 bits per heavy atom. The molecule has 4 aromatic rings. The van der Waals surface area contributed by atoms with Gasteiger partial charge in [-0.15, -0.1) is 39.7 Å². The van der Waals surface area contributed by atoms with Gasteiger partial charge in [0.15, 0.2) is 0 Å². The Morgan fingerprint density at radius 2 is 1.06 bits per heavy atom. The summed E-state index contributed by atoms with van der Waals surface area (Å²) in [6, 6.07) is 26.2. The minimum atomic E-state index is -1.85. The van der Waals surface area contributed by atoms with E-state index in [-0.39, 0.29) is 25.7 Å². The summed E-state index contributed by atoms with van der Waals surface area (Å²) in [4.78, 5) is 0. The smallest absolute Gasteiger partial charge is 0.172 e. The molecule has 0 bridgehead atoms. The van der Waals surface area contributed by atoms with Crippen LogP contribution in [0.4, 0.5) is 0 Å². The number of hydrogen-bond acceptors (Lipinski definition) is 0. The predicted octanol–water partition coefficient (Wildman–Crippen LogP) is 9.96. The van der Waals surface area contributed by atoms with E-state index in [1.807, 2.05) is 30.3 Å². The second-order valence-corrected chi connectivity index (χ2v) is 17.8. The first-order chi connectivity index (χ1) is 13.9. The zero-order valence-corrected chi connectivity index (χ0v) is 24.9. The topological polar surface area (TPSA) is 0 Å². The zero-order valence-electron chi connectivity index (χ0n) is 20.9. The first-order valence-corrected chi connectivity index (χ1v) is 18.3. The van der Waals surface area contributed by atoms with Gasteiger partial charge in [-0.1, -0.05) is 76.9 Å². The molecule has 176 valence electrons. The van der Waals surface area contributed by atoms with Crippen LogP contribution < -0.4 is 0 Å². The molecule has 0 fully saturated rings. The Kier molecular flexibility index (Phi) is 12.6. The Balaban J connectivity index is 0.000000739. The quantitative estimate of drug-likeness (QED) is 0.192. The monoisotopic (exact) mass is 546 g/mol. The average Bonchev–Trinajstić information content (AvgIpc) is 3.30. The third-order valence-electron chi connectivity index (χ3n) is 4.99. The van der Waals surface area contributed by atoms with Crippen molar-refractivity contribution in [3.63, 3.8) is 0 Å². The largest absolute Gasteiger partial charge is 0.358 e. The second kappa shape index (κ2) is 13.0. The maximum atomic E-state index is 5.13. The molecule has 0 aliphatic rings. The molecule has 0 radical (unpaired) electrons. The van der Waals surface area contributed by atoms with E-state index in [0.717, 1.165) is 0 Å². The summed E-state index contributed by atoms with van der Waals surface area (Å²) in [5.74, 6) is 0. The number of fused-ring (bicyclic) bond motifs is 3. The van der Waals surface area contributed by atoms with Gasteiger partial charge in [0, 0.05) is 0 Å². The van der Waals surface area contributed by atoms with Gasteiger partial charge in [-0.25, -0.2) is 12.1 Å². The van der Waals surface area contributed by atoms with Crippen molar-refractivity contribution in [2.45, 2.75) is 52.4 Å². The molecular weight excluding hydrogens is 510 g/mol. The van der Waals surface area contributed by atoms with E-state index in [1.165, 1.54) is 32.7 Å². The third-order valence-corrected chi connectivity index (χ3v) is 4.99. The fourth-order valence-corrected chi connectivity index (χ4v) is 3.28. The van der Waals surface area contributed by atoms with E-state index in [4.69, 9.17) is 17.0 Å². The van der Waals surface area contributed by atoms with Crippen molar-refractivity contribution in [1.29, 1.82) is 0 Å². The molecule has 0 atom stereocenters. The van der Waals surface area contributed by atoms with Crippen molar-refractivity contribution in [1.82, 2.24) is 0 Å². The molecule has 0 spiro atoms. The summed E-state index contributed by atoms with van der Waals surface area (Å²) in [6.07, 6.45) is 0. The zero-order chi connectivity index (χ0) is 22.5. The van der Waals surface area contributed by atoms with E-state index in [0.29, 0.717) is 0 Å². The first-order valence-electron chi connectivity index (χ1n) is 10.2. The first kappa shape index (κ1) is 31.0. The Morgan fingerprint density at radius 1 is 0.719 bits per heavy atom. The van der Waals surface area contributed by atoms with Crippen LogP contribution in [0.25, 0.3) is 21.5 Å². The van der Waals surface area contributed by atoms with Crippen molar-refractivity contribution in [3.05, 3.63) is 98.8 Å². The molecule has 0 saturated heterocycles. The molecule has 3 heteroatoms. The van der Waals surface area contributed by atoms with Gasteiger partial charge in [-0.2, -0.15) is 18.2 Å². The van der Waals surface area contributed by atoms with E-state index >= 15 is 0 Å². The van der Waals surface area contributed by atoms with Gasteiger partial charge in [0.05, 0.1) is 0 Å². The van der Waals surface area contributed by atoms with Gasteiger partial charge in [0.25, 0.3) is 0 Å². The number of benzene rings is 2. The van der Waals surface area contributed by atoms with Gasteiger partial charge in [0.2, 0.25) is 0 Å². The average molecular weight is 549 g/mol. The standard InChI is InChI=1S/C21H25.C5H5.2CH3.CH2.2ClH.Zr/c1-20(2,3)16-7-9-18-14(12-16)11-15-13-17(21(4,5)6)8-10-19(15)18;1-2-4-5-3-1;;;;;;/h7-13H,1-6H3;1-5H;2*1H3;1H2;2*1H;/q4*-1;;;;+2/p-2. The fraction of sp³-hybridized carbons (Fsp3) is 0.276. The molecule has 0 aliphatic carbocycles. The third kappa shape index (κ3) is 9.09. The van der Waals surface area contributed by atoms with Crippen LogP contribution in [0.2, 0.25) is 0 Å². The molecule has 0 unspecified atom stereocenters. The summed E-state index contributed by atoms with van der Waals surface area (Å²) in [5, 5.41) is 5.48. The van der Waals surface area contributed by atoms with Crippen LogP contribution in [0.3, 0.4) is 0 Å². The van der Waals surface area contributed by atoms with Crippen LogP contribution in [-0.2, 0) is 29.7 Å². The van der Waals surface area contributed by atoms with Crippen molar-refractivity contribution < 1.29 is 18.9 Å². The van der Waals surface area contributed by atoms with Gasteiger partial charge in [-0.05, 0) is 10.8 Å². The Hall–Kier alpha value is -1.01. The Bertz CT molecular complexity index is 999. The van der Waals surface area contributed by atoms with Gasteiger partial charge in [-0.3, -0.25) is 0 Å². The summed E-state index contributed by atoms with van der Waals surface area (Å²) >= 11 is -1.85. The van der Waals surface area contributed by atoms with Crippen molar-refractivity contribution >= 4 is 42.8 Å². The maximum Gasteiger partial charge on any atom is -0.172 e. The summed E-state index contributed by atoms with van der Waals surface area (Å²) in [5.41, 5.74) is 3.21. The molecule has 0 N–H and O–H groups in total. The van der Waals surface area contributed by atoms with Crippen molar-refractivity contribution in [3.8, 4) is 0 Å². The minimum Gasteiger partial charge on any atom is -0.358 e. The van der Waals surface area contributed by atoms with E-state index < -0.39 is 18.9 Å². The van der Waals surface area contributed by atoms with Gasteiger partial charge < -0.3 is 14.9 Å². The van der Waals surface area contributed by atoms with E-state index in [2.05, 4.69) is 88.2 Å². The molecule has 0 saturated carbocycles. The molecule has 32 heavy (non-hydrogen) atoms. The fourth-order valence-electron chi connectivity index (χ4n) is 3.28. The maximum absolute atomic E-state index is 5.13. The SMILES string of the molecule is CC(C)(C)c1ccc2c(c1)[cH-]c1cc(C(C)(C)C)ccc12.[CH2]=[Zr]([Cl])[Cl].[CH3-].[CH3-].c1cc[cH-]c1. The van der Waals surface area contributed by atoms with Crippen molar-refractivity contribution in [2.24, 2.45) is 0 Å². The molecule has 4 rings (SSSR count).